The maximum atomic E-state index is 13.2. The highest BCUT2D eigenvalue weighted by Crippen LogP contribution is 2.35. The van der Waals surface area contributed by atoms with Crippen molar-refractivity contribution in [2.24, 2.45) is 0 Å². The van der Waals surface area contributed by atoms with Crippen LogP contribution in [0.25, 0.3) is 10.1 Å². The van der Waals surface area contributed by atoms with E-state index in [0.29, 0.717) is 16.5 Å². The molecule has 0 aliphatic carbocycles. The lowest BCUT2D eigenvalue weighted by molar-refractivity contribution is 0.0656. The lowest BCUT2D eigenvalue weighted by Gasteiger charge is -2.29. The van der Waals surface area contributed by atoms with Crippen LogP contribution in [0.1, 0.15) is 23.0 Å². The number of benzene rings is 1. The molecule has 0 aliphatic heterocycles. The van der Waals surface area contributed by atoms with E-state index in [4.69, 9.17) is 11.6 Å². The molecule has 1 amide bonds. The fraction of sp³-hybridized carbons (Fsp3) is 0.357. The van der Waals surface area contributed by atoms with E-state index in [1.807, 2.05) is 0 Å². The third kappa shape index (κ3) is 3.03. The Morgan fingerprint density at radius 1 is 1.43 bits per heavy atom. The number of carbonyl (C=O) groups is 1. The van der Waals surface area contributed by atoms with Gasteiger partial charge in [0.1, 0.15) is 10.7 Å². The zero-order valence-corrected chi connectivity index (χ0v) is 12.9. The molecule has 7 heteroatoms. The minimum atomic E-state index is -1.10. The molecule has 0 saturated carbocycles. The van der Waals surface area contributed by atoms with Crippen LogP contribution in [0.15, 0.2) is 18.2 Å². The van der Waals surface area contributed by atoms with Crippen LogP contribution < -0.4 is 5.32 Å². The number of hydrogen-bond acceptors (Lipinski definition) is 4. The minimum Gasteiger partial charge on any atom is -0.394 e. The standard InChI is InChI=1S/C14H15ClFNO3S/c1-2-14(6-18,7-19)17-13(20)12-11(15)9-4-3-8(16)5-10(9)21-12/h3-5,18-19H,2,6-7H2,1H3,(H,17,20). The van der Waals surface area contributed by atoms with Gasteiger partial charge in [0.25, 0.3) is 5.91 Å². The molecule has 0 saturated heterocycles. The van der Waals surface area contributed by atoms with Gasteiger partial charge in [-0.15, -0.1) is 11.3 Å². The van der Waals surface area contributed by atoms with Crippen LogP contribution in [0, 0.1) is 5.82 Å². The number of aliphatic hydroxyl groups excluding tert-OH is 2. The number of carbonyl (C=O) groups excluding carboxylic acids is 1. The monoisotopic (exact) mass is 331 g/mol. The van der Waals surface area contributed by atoms with Gasteiger partial charge in [0.2, 0.25) is 0 Å². The summed E-state index contributed by atoms with van der Waals surface area (Å²) >= 11 is 7.24. The van der Waals surface area contributed by atoms with Crippen LogP contribution in [0.4, 0.5) is 4.39 Å². The third-order valence-corrected chi connectivity index (χ3v) is 5.11. The minimum absolute atomic E-state index is 0.233. The highest BCUT2D eigenvalue weighted by Gasteiger charge is 2.30. The molecule has 1 aromatic heterocycles. The van der Waals surface area contributed by atoms with Gasteiger partial charge in [0, 0.05) is 10.1 Å². The van der Waals surface area contributed by atoms with Gasteiger partial charge in [-0.3, -0.25) is 4.79 Å². The molecule has 0 bridgehead atoms. The first kappa shape index (κ1) is 16.2. The third-order valence-electron chi connectivity index (χ3n) is 3.46. The fourth-order valence-corrected chi connectivity index (χ4v) is 3.36. The molecule has 0 fully saturated rings. The van der Waals surface area contributed by atoms with E-state index in [1.165, 1.54) is 18.2 Å². The second-order valence-corrected chi connectivity index (χ2v) is 6.22. The average molecular weight is 332 g/mol. The van der Waals surface area contributed by atoms with Crippen LogP contribution >= 0.6 is 22.9 Å². The van der Waals surface area contributed by atoms with Crippen molar-refractivity contribution in [3.8, 4) is 0 Å². The van der Waals surface area contributed by atoms with Crippen LogP contribution in [-0.4, -0.2) is 34.9 Å². The molecule has 3 N–H and O–H groups in total. The second kappa shape index (κ2) is 6.27. The molecule has 0 spiro atoms. The van der Waals surface area contributed by atoms with E-state index in [0.717, 1.165) is 11.3 Å². The van der Waals surface area contributed by atoms with Crippen LogP contribution in [0.3, 0.4) is 0 Å². The number of hydrogen-bond donors (Lipinski definition) is 3. The number of thiophene rings is 1. The van der Waals surface area contributed by atoms with Gasteiger partial charge < -0.3 is 15.5 Å². The van der Waals surface area contributed by atoms with Gasteiger partial charge in [-0.25, -0.2) is 4.39 Å². The molecule has 0 radical (unpaired) electrons. The lowest BCUT2D eigenvalue weighted by Crippen LogP contribution is -2.53. The highest BCUT2D eigenvalue weighted by molar-refractivity contribution is 7.21. The van der Waals surface area contributed by atoms with Gasteiger partial charge >= 0.3 is 0 Å². The molecule has 114 valence electrons. The summed E-state index contributed by atoms with van der Waals surface area (Å²) < 4.78 is 13.8. The van der Waals surface area contributed by atoms with Crippen molar-refractivity contribution in [3.63, 3.8) is 0 Å². The Balaban J connectivity index is 2.37. The summed E-state index contributed by atoms with van der Waals surface area (Å²) in [5.74, 6) is -0.896. The smallest absolute Gasteiger partial charge is 0.263 e. The van der Waals surface area contributed by atoms with Crippen molar-refractivity contribution in [3.05, 3.63) is 33.9 Å². The Bertz CT molecular complexity index is 661. The molecule has 0 atom stereocenters. The molecule has 2 rings (SSSR count). The van der Waals surface area contributed by atoms with E-state index in [2.05, 4.69) is 5.32 Å². The van der Waals surface area contributed by atoms with Gasteiger partial charge in [0.15, 0.2) is 0 Å². The summed E-state index contributed by atoms with van der Waals surface area (Å²) in [5, 5.41) is 22.2. The molecule has 1 heterocycles. The van der Waals surface area contributed by atoms with Crippen molar-refractivity contribution in [1.29, 1.82) is 0 Å². The van der Waals surface area contributed by atoms with E-state index in [9.17, 15) is 19.4 Å². The summed E-state index contributed by atoms with van der Waals surface area (Å²) in [6.07, 6.45) is 0.364. The van der Waals surface area contributed by atoms with Crippen molar-refractivity contribution in [2.75, 3.05) is 13.2 Å². The lowest BCUT2D eigenvalue weighted by atomic mass is 9.98. The summed E-state index contributed by atoms with van der Waals surface area (Å²) in [6.45, 7) is 0.973. The molecule has 1 aromatic carbocycles. The van der Waals surface area contributed by atoms with Gasteiger partial charge in [-0.1, -0.05) is 18.5 Å². The Morgan fingerprint density at radius 2 is 2.10 bits per heavy atom. The van der Waals surface area contributed by atoms with Crippen molar-refractivity contribution in [1.82, 2.24) is 5.32 Å². The summed E-state index contributed by atoms with van der Waals surface area (Å²) in [4.78, 5) is 12.5. The normalized spacial score (nSPS) is 11.9. The maximum absolute atomic E-state index is 13.2. The Labute approximate surface area is 130 Å². The quantitative estimate of drug-likeness (QED) is 0.788. The summed E-state index contributed by atoms with van der Waals surface area (Å²) in [7, 11) is 0. The van der Waals surface area contributed by atoms with Crippen LogP contribution in [0.2, 0.25) is 5.02 Å². The Hall–Kier alpha value is -1.21. The molecule has 0 unspecified atom stereocenters. The van der Waals surface area contributed by atoms with E-state index >= 15 is 0 Å². The molecule has 21 heavy (non-hydrogen) atoms. The Kier molecular flexibility index (Phi) is 4.83. The molecular formula is C14H15ClFNO3S. The fourth-order valence-electron chi connectivity index (χ4n) is 1.92. The van der Waals surface area contributed by atoms with Gasteiger partial charge in [-0.05, 0) is 24.6 Å². The van der Waals surface area contributed by atoms with Crippen molar-refractivity contribution >= 4 is 38.9 Å². The SMILES string of the molecule is CCC(CO)(CO)NC(=O)c1sc2cc(F)ccc2c1Cl. The van der Waals surface area contributed by atoms with Gasteiger partial charge in [0.05, 0.1) is 23.8 Å². The van der Waals surface area contributed by atoms with E-state index < -0.39 is 17.3 Å². The van der Waals surface area contributed by atoms with Gasteiger partial charge in [-0.2, -0.15) is 0 Å². The van der Waals surface area contributed by atoms with Crippen molar-refractivity contribution in [2.45, 2.75) is 18.9 Å². The summed E-state index contributed by atoms with van der Waals surface area (Å²) in [6, 6.07) is 4.11. The molecule has 0 aliphatic rings. The number of amides is 1. The largest absolute Gasteiger partial charge is 0.394 e. The average Bonchev–Trinajstić information content (AvgIpc) is 2.81. The topological polar surface area (TPSA) is 69.6 Å². The first-order chi connectivity index (χ1) is 9.96. The number of nitrogens with one attached hydrogen (secondary N) is 1. The number of halogens is 2. The van der Waals surface area contributed by atoms with E-state index in [1.54, 1.807) is 6.92 Å². The summed E-state index contributed by atoms with van der Waals surface area (Å²) in [5.41, 5.74) is -1.10. The number of fused-ring (bicyclic) bond motifs is 1. The van der Waals surface area contributed by atoms with Crippen LogP contribution in [0.5, 0.6) is 0 Å². The zero-order valence-electron chi connectivity index (χ0n) is 11.3. The first-order valence-electron chi connectivity index (χ1n) is 6.38. The van der Waals surface area contributed by atoms with E-state index in [-0.39, 0.29) is 23.1 Å². The molecule has 2 aromatic rings. The van der Waals surface area contributed by atoms with Crippen LogP contribution in [-0.2, 0) is 0 Å². The first-order valence-corrected chi connectivity index (χ1v) is 7.57. The predicted molar refractivity (Wildman–Crippen MR) is 81.5 cm³/mol. The number of aliphatic hydroxyl groups is 2. The Morgan fingerprint density at radius 3 is 2.67 bits per heavy atom. The zero-order chi connectivity index (χ0) is 15.6. The second-order valence-electron chi connectivity index (χ2n) is 4.79. The molecular weight excluding hydrogens is 317 g/mol. The van der Waals surface area contributed by atoms with Crippen molar-refractivity contribution < 1.29 is 19.4 Å². The number of rotatable bonds is 5. The maximum Gasteiger partial charge on any atom is 0.263 e. The predicted octanol–water partition coefficient (Wildman–Crippen LogP) is 2.56. The highest BCUT2D eigenvalue weighted by atomic mass is 35.5. The molecule has 4 nitrogen and oxygen atoms in total.